The number of methoxy groups -OCH3 is 1. The maximum Gasteiger partial charge on any atom is 0.251 e. The van der Waals surface area contributed by atoms with Crippen LogP contribution in [0.25, 0.3) is 11.1 Å². The molecule has 4 rings (SSSR count). The van der Waals surface area contributed by atoms with Crippen molar-refractivity contribution in [2.75, 3.05) is 17.7 Å². The molecule has 1 unspecified atom stereocenters. The number of rotatable bonds is 5. The van der Waals surface area contributed by atoms with Crippen molar-refractivity contribution in [2.45, 2.75) is 19.4 Å². The Bertz CT molecular complexity index is 1140. The summed E-state index contributed by atoms with van der Waals surface area (Å²) in [5.41, 5.74) is 2.85. The molecule has 0 radical (unpaired) electrons. The number of nitrogens with zero attached hydrogens (tertiary/aromatic N) is 2. The summed E-state index contributed by atoms with van der Waals surface area (Å²) in [4.78, 5) is 25.1. The molecule has 1 atom stereocenters. The topological polar surface area (TPSA) is 85.2 Å². The van der Waals surface area contributed by atoms with Crippen molar-refractivity contribution in [3.8, 4) is 16.9 Å². The van der Waals surface area contributed by atoms with Gasteiger partial charge in [0, 0.05) is 10.6 Å². The Hall–Kier alpha value is -3.03. The van der Waals surface area contributed by atoms with Gasteiger partial charge in [-0.3, -0.25) is 9.59 Å². The maximum absolute atomic E-state index is 12.6. The number of ether oxygens (including phenoxy) is 1. The average molecular weight is 445 g/mol. The van der Waals surface area contributed by atoms with Crippen molar-refractivity contribution in [1.82, 2.24) is 9.78 Å². The van der Waals surface area contributed by atoms with Crippen molar-refractivity contribution >= 4 is 46.5 Å². The van der Waals surface area contributed by atoms with Crippen molar-refractivity contribution in [3.63, 3.8) is 0 Å². The minimum absolute atomic E-state index is 0.0924. The van der Waals surface area contributed by atoms with Gasteiger partial charge in [0.15, 0.2) is 0 Å². The highest BCUT2D eigenvalue weighted by Crippen LogP contribution is 2.38. The molecule has 0 saturated heterocycles. The zero-order valence-corrected chi connectivity index (χ0v) is 17.7. The van der Waals surface area contributed by atoms with Gasteiger partial charge in [0.05, 0.1) is 29.9 Å². The number of benzene rings is 2. The zero-order valence-electron chi connectivity index (χ0n) is 16.2. The number of amides is 2. The van der Waals surface area contributed by atoms with E-state index in [-0.39, 0.29) is 18.2 Å². The molecular formula is C21H18Cl2N4O3. The van der Waals surface area contributed by atoms with Crippen molar-refractivity contribution in [2.24, 2.45) is 0 Å². The smallest absolute Gasteiger partial charge is 0.251 e. The Morgan fingerprint density at radius 3 is 2.67 bits per heavy atom. The van der Waals surface area contributed by atoms with E-state index in [0.29, 0.717) is 21.6 Å². The molecule has 7 nitrogen and oxygen atoms in total. The van der Waals surface area contributed by atoms with Gasteiger partial charge in [0.1, 0.15) is 17.6 Å². The van der Waals surface area contributed by atoms with Crippen molar-refractivity contribution in [3.05, 3.63) is 58.2 Å². The van der Waals surface area contributed by atoms with Gasteiger partial charge in [-0.05, 0) is 42.8 Å². The second-order valence-corrected chi connectivity index (χ2v) is 7.71. The molecule has 1 aliphatic rings. The minimum atomic E-state index is -0.761. The SMILES string of the molecule is COc1ccc(-c2c(C)nn3c2NC(=O)C3CC(=O)Nc2cc(Cl)ccc2Cl)cc1. The van der Waals surface area contributed by atoms with E-state index in [4.69, 9.17) is 27.9 Å². The third-order valence-corrected chi connectivity index (χ3v) is 5.45. The predicted molar refractivity (Wildman–Crippen MR) is 116 cm³/mol. The Morgan fingerprint density at radius 1 is 1.23 bits per heavy atom. The van der Waals surface area contributed by atoms with Gasteiger partial charge in [0.25, 0.3) is 5.91 Å². The summed E-state index contributed by atoms with van der Waals surface area (Å²) < 4.78 is 6.77. The molecule has 3 aromatic rings. The summed E-state index contributed by atoms with van der Waals surface area (Å²) in [5, 5.41) is 10.9. The monoisotopic (exact) mass is 444 g/mol. The third kappa shape index (κ3) is 3.74. The zero-order chi connectivity index (χ0) is 21.4. The number of fused-ring (bicyclic) bond motifs is 1. The average Bonchev–Trinajstić information content (AvgIpc) is 3.18. The van der Waals surface area contributed by atoms with Crippen LogP contribution in [-0.2, 0) is 9.59 Å². The lowest BCUT2D eigenvalue weighted by Gasteiger charge is -2.11. The van der Waals surface area contributed by atoms with E-state index in [9.17, 15) is 9.59 Å². The number of halogens is 2. The lowest BCUT2D eigenvalue weighted by Crippen LogP contribution is -2.23. The fourth-order valence-electron chi connectivity index (χ4n) is 3.46. The normalized spacial score (nSPS) is 14.9. The molecule has 2 heterocycles. The van der Waals surface area contributed by atoms with E-state index in [1.807, 2.05) is 31.2 Å². The number of carbonyl (C=O) groups excluding carboxylic acids is 2. The molecule has 154 valence electrons. The molecule has 2 aromatic carbocycles. The summed E-state index contributed by atoms with van der Waals surface area (Å²) in [6, 6.07) is 11.5. The predicted octanol–water partition coefficient (Wildman–Crippen LogP) is 4.70. The first-order valence-electron chi connectivity index (χ1n) is 9.16. The van der Waals surface area contributed by atoms with E-state index in [1.165, 1.54) is 0 Å². The molecule has 1 aliphatic heterocycles. The standard InChI is InChI=1S/C21H18Cl2N4O3/c1-11-19(12-3-6-14(30-2)7-4-12)20-25-21(29)17(27(20)26-11)10-18(28)24-16-9-13(22)5-8-15(16)23/h3-9,17H,10H2,1-2H3,(H,24,28)(H,25,29). The summed E-state index contributed by atoms with van der Waals surface area (Å²) in [6.07, 6.45) is -0.0924. The van der Waals surface area contributed by atoms with E-state index < -0.39 is 6.04 Å². The highest BCUT2D eigenvalue weighted by Gasteiger charge is 2.36. The molecule has 0 bridgehead atoms. The van der Waals surface area contributed by atoms with Gasteiger partial charge in [-0.25, -0.2) is 4.68 Å². The van der Waals surface area contributed by atoms with Crippen LogP contribution in [0.3, 0.4) is 0 Å². The number of anilines is 2. The van der Waals surface area contributed by atoms with Gasteiger partial charge in [-0.15, -0.1) is 0 Å². The highest BCUT2D eigenvalue weighted by molar-refractivity contribution is 6.35. The van der Waals surface area contributed by atoms with Crippen LogP contribution in [0.15, 0.2) is 42.5 Å². The molecular weight excluding hydrogens is 427 g/mol. The van der Waals surface area contributed by atoms with Crippen LogP contribution in [0.1, 0.15) is 18.2 Å². The Balaban J connectivity index is 1.58. The second-order valence-electron chi connectivity index (χ2n) is 6.86. The molecule has 0 fully saturated rings. The first-order chi connectivity index (χ1) is 14.4. The quantitative estimate of drug-likeness (QED) is 0.597. The number of aromatic nitrogens is 2. The Morgan fingerprint density at radius 2 is 1.97 bits per heavy atom. The fraction of sp³-hybridized carbons (Fsp3) is 0.190. The number of aryl methyl sites for hydroxylation is 1. The first kappa shape index (κ1) is 20.3. The Kier molecular flexibility index (Phi) is 5.40. The van der Waals surface area contributed by atoms with Crippen LogP contribution in [0, 0.1) is 6.92 Å². The van der Waals surface area contributed by atoms with E-state index in [2.05, 4.69) is 15.7 Å². The van der Waals surface area contributed by atoms with Gasteiger partial charge < -0.3 is 15.4 Å². The van der Waals surface area contributed by atoms with Gasteiger partial charge in [-0.2, -0.15) is 5.10 Å². The number of carbonyl (C=O) groups is 2. The summed E-state index contributed by atoms with van der Waals surface area (Å²) >= 11 is 12.1. The number of hydrogen-bond acceptors (Lipinski definition) is 4. The summed E-state index contributed by atoms with van der Waals surface area (Å²) in [5.74, 6) is 0.644. The van der Waals surface area contributed by atoms with E-state index in [0.717, 1.165) is 22.6 Å². The van der Waals surface area contributed by atoms with Crippen LogP contribution in [0.5, 0.6) is 5.75 Å². The molecule has 0 spiro atoms. The molecule has 0 aliphatic carbocycles. The Labute approximate surface area is 182 Å². The fourth-order valence-corrected chi connectivity index (χ4v) is 3.79. The molecule has 9 heteroatoms. The largest absolute Gasteiger partial charge is 0.497 e. The van der Waals surface area contributed by atoms with E-state index in [1.54, 1.807) is 30.0 Å². The van der Waals surface area contributed by atoms with Crippen LogP contribution in [-0.4, -0.2) is 28.7 Å². The van der Waals surface area contributed by atoms with Gasteiger partial charge in [-0.1, -0.05) is 35.3 Å². The lowest BCUT2D eigenvalue weighted by atomic mass is 10.1. The number of nitrogens with one attached hydrogen (secondary N) is 2. The van der Waals surface area contributed by atoms with Crippen LogP contribution < -0.4 is 15.4 Å². The summed E-state index contributed by atoms with van der Waals surface area (Å²) in [7, 11) is 1.60. The van der Waals surface area contributed by atoms with Crippen LogP contribution in [0.4, 0.5) is 11.5 Å². The van der Waals surface area contributed by atoms with Gasteiger partial charge in [0.2, 0.25) is 5.91 Å². The van der Waals surface area contributed by atoms with E-state index >= 15 is 0 Å². The van der Waals surface area contributed by atoms with Crippen molar-refractivity contribution < 1.29 is 14.3 Å². The molecule has 0 saturated carbocycles. The molecule has 1 aromatic heterocycles. The van der Waals surface area contributed by atoms with Crippen molar-refractivity contribution in [1.29, 1.82) is 0 Å². The minimum Gasteiger partial charge on any atom is -0.497 e. The van der Waals surface area contributed by atoms with Crippen LogP contribution >= 0.6 is 23.2 Å². The maximum atomic E-state index is 12.6. The van der Waals surface area contributed by atoms with Gasteiger partial charge >= 0.3 is 0 Å². The van der Waals surface area contributed by atoms with Crippen LogP contribution in [0.2, 0.25) is 10.0 Å². The lowest BCUT2D eigenvalue weighted by molar-refractivity contribution is -0.123. The molecule has 30 heavy (non-hydrogen) atoms. The second kappa shape index (κ2) is 8.01. The molecule has 2 N–H and O–H groups in total. The third-order valence-electron chi connectivity index (χ3n) is 4.88. The summed E-state index contributed by atoms with van der Waals surface area (Å²) in [6.45, 7) is 1.86. The highest BCUT2D eigenvalue weighted by atomic mass is 35.5. The number of hydrogen-bond donors (Lipinski definition) is 2. The first-order valence-corrected chi connectivity index (χ1v) is 9.92. The molecule has 2 amide bonds.